The van der Waals surface area contributed by atoms with E-state index >= 15 is 0 Å². The van der Waals surface area contributed by atoms with E-state index in [0.29, 0.717) is 16.5 Å². The standard InChI is InChI=1S/C14H18N4O2S/c1-3-20-12(19)14(15,11-7-5-4-6-8-11)9-21-13-16-10(2)17-18-13/h4-8H,3,9,15H2,1-2H3,(H,16,17,18). The number of nitrogens with two attached hydrogens (primary N) is 1. The fourth-order valence-corrected chi connectivity index (χ4v) is 2.77. The number of aryl methyl sites for hydroxylation is 1. The molecule has 0 bridgehead atoms. The average Bonchev–Trinajstić information content (AvgIpc) is 2.91. The molecule has 0 spiro atoms. The van der Waals surface area contributed by atoms with Crippen molar-refractivity contribution in [1.82, 2.24) is 15.2 Å². The number of hydrogen-bond acceptors (Lipinski definition) is 6. The fraction of sp³-hybridized carbons (Fsp3) is 0.357. The van der Waals surface area contributed by atoms with Gasteiger partial charge in [-0.2, -0.15) is 0 Å². The maximum atomic E-state index is 12.3. The van der Waals surface area contributed by atoms with Crippen LogP contribution in [0.3, 0.4) is 0 Å². The average molecular weight is 306 g/mol. The largest absolute Gasteiger partial charge is 0.464 e. The van der Waals surface area contributed by atoms with Gasteiger partial charge in [-0.1, -0.05) is 42.1 Å². The van der Waals surface area contributed by atoms with Gasteiger partial charge >= 0.3 is 5.97 Å². The summed E-state index contributed by atoms with van der Waals surface area (Å²) in [6, 6.07) is 9.21. The summed E-state index contributed by atoms with van der Waals surface area (Å²) in [5.74, 6) is 0.569. The second-order valence-electron chi connectivity index (χ2n) is 4.55. The highest BCUT2D eigenvalue weighted by Crippen LogP contribution is 2.27. The minimum atomic E-state index is -1.23. The molecule has 3 N–H and O–H groups in total. The molecule has 1 aromatic heterocycles. The van der Waals surface area contributed by atoms with E-state index in [9.17, 15) is 4.79 Å². The Morgan fingerprint density at radius 2 is 2.14 bits per heavy atom. The van der Waals surface area contributed by atoms with E-state index in [0.717, 1.165) is 5.82 Å². The van der Waals surface area contributed by atoms with Gasteiger partial charge in [0.1, 0.15) is 11.4 Å². The molecule has 1 atom stereocenters. The molecule has 0 radical (unpaired) electrons. The van der Waals surface area contributed by atoms with E-state index in [1.54, 1.807) is 6.92 Å². The topological polar surface area (TPSA) is 93.9 Å². The lowest BCUT2D eigenvalue weighted by molar-refractivity contribution is -0.149. The van der Waals surface area contributed by atoms with Gasteiger partial charge in [-0.25, -0.2) is 9.78 Å². The van der Waals surface area contributed by atoms with Crippen molar-refractivity contribution >= 4 is 17.7 Å². The van der Waals surface area contributed by atoms with Gasteiger partial charge in [-0.15, -0.1) is 5.10 Å². The molecule has 0 fully saturated rings. The van der Waals surface area contributed by atoms with Crippen LogP contribution in [0, 0.1) is 6.92 Å². The van der Waals surface area contributed by atoms with E-state index in [2.05, 4.69) is 15.2 Å². The van der Waals surface area contributed by atoms with Crippen LogP contribution in [0.5, 0.6) is 0 Å². The highest BCUT2D eigenvalue weighted by molar-refractivity contribution is 7.99. The lowest BCUT2D eigenvalue weighted by Gasteiger charge is -2.26. The summed E-state index contributed by atoms with van der Waals surface area (Å²) in [5.41, 5.74) is 5.83. The molecule has 1 heterocycles. The molecule has 1 aromatic carbocycles. The van der Waals surface area contributed by atoms with Gasteiger partial charge in [0.05, 0.1) is 6.61 Å². The zero-order chi connectivity index (χ0) is 15.3. The molecule has 1 unspecified atom stereocenters. The van der Waals surface area contributed by atoms with Crippen molar-refractivity contribution in [1.29, 1.82) is 0 Å². The summed E-state index contributed by atoms with van der Waals surface area (Å²) in [6.45, 7) is 3.86. The quantitative estimate of drug-likeness (QED) is 0.622. The van der Waals surface area contributed by atoms with Crippen LogP contribution in [0.4, 0.5) is 0 Å². The maximum Gasteiger partial charge on any atom is 0.331 e. The first-order valence-corrected chi connectivity index (χ1v) is 7.58. The maximum absolute atomic E-state index is 12.3. The summed E-state index contributed by atoms with van der Waals surface area (Å²) in [6.07, 6.45) is 0. The van der Waals surface area contributed by atoms with E-state index in [1.165, 1.54) is 11.8 Å². The second kappa shape index (κ2) is 6.73. The first-order chi connectivity index (χ1) is 10.1. The van der Waals surface area contributed by atoms with Crippen molar-refractivity contribution in [3.63, 3.8) is 0 Å². The van der Waals surface area contributed by atoms with Crippen molar-refractivity contribution in [3.8, 4) is 0 Å². The van der Waals surface area contributed by atoms with E-state index in [4.69, 9.17) is 10.5 Å². The molecule has 2 aromatic rings. The second-order valence-corrected chi connectivity index (χ2v) is 5.49. The molecule has 0 amide bonds. The van der Waals surface area contributed by atoms with Gasteiger partial charge in [0.2, 0.25) is 5.16 Å². The Morgan fingerprint density at radius 3 is 2.71 bits per heavy atom. The number of benzene rings is 1. The molecule has 112 valence electrons. The fourth-order valence-electron chi connectivity index (χ4n) is 1.82. The number of aromatic nitrogens is 3. The van der Waals surface area contributed by atoms with Gasteiger partial charge in [-0.3, -0.25) is 5.10 Å². The summed E-state index contributed by atoms with van der Waals surface area (Å²) in [7, 11) is 0. The predicted molar refractivity (Wildman–Crippen MR) is 80.8 cm³/mol. The number of esters is 1. The number of hydrogen-bond donors (Lipinski definition) is 2. The van der Waals surface area contributed by atoms with Crippen LogP contribution in [-0.2, 0) is 15.1 Å². The number of nitrogens with one attached hydrogen (secondary N) is 1. The Morgan fingerprint density at radius 1 is 1.43 bits per heavy atom. The Bertz CT molecular complexity index is 602. The molecule has 0 aliphatic heterocycles. The molecule has 6 nitrogen and oxygen atoms in total. The normalized spacial score (nSPS) is 13.7. The molecule has 0 aliphatic carbocycles. The molecular weight excluding hydrogens is 288 g/mol. The van der Waals surface area contributed by atoms with E-state index < -0.39 is 11.5 Å². The molecule has 0 saturated heterocycles. The van der Waals surface area contributed by atoms with Crippen LogP contribution in [0.2, 0.25) is 0 Å². The highest BCUT2D eigenvalue weighted by atomic mass is 32.2. The van der Waals surface area contributed by atoms with Gasteiger partial charge in [-0.05, 0) is 19.4 Å². The third kappa shape index (κ3) is 3.62. The van der Waals surface area contributed by atoms with Crippen LogP contribution >= 0.6 is 11.8 Å². The summed E-state index contributed by atoms with van der Waals surface area (Å²) in [5, 5.41) is 7.36. The van der Waals surface area contributed by atoms with Crippen LogP contribution in [-0.4, -0.2) is 33.5 Å². The number of ether oxygens (including phenoxy) is 1. The lowest BCUT2D eigenvalue weighted by Crippen LogP contribution is -2.48. The Balaban J connectivity index is 2.21. The first-order valence-electron chi connectivity index (χ1n) is 6.59. The summed E-state index contributed by atoms with van der Waals surface area (Å²) < 4.78 is 5.13. The number of rotatable bonds is 6. The van der Waals surface area contributed by atoms with Crippen LogP contribution < -0.4 is 5.73 Å². The minimum absolute atomic E-state index is 0.287. The number of carbonyl (C=O) groups excluding carboxylic acids is 1. The first kappa shape index (κ1) is 15.5. The third-order valence-electron chi connectivity index (χ3n) is 2.93. The zero-order valence-corrected chi connectivity index (χ0v) is 12.8. The molecule has 7 heteroatoms. The van der Waals surface area contributed by atoms with Gasteiger partial charge in [0.25, 0.3) is 0 Å². The van der Waals surface area contributed by atoms with Gasteiger partial charge in [0, 0.05) is 5.75 Å². The third-order valence-corrected chi connectivity index (χ3v) is 3.97. The number of H-pyrrole nitrogens is 1. The van der Waals surface area contributed by atoms with Crippen molar-refractivity contribution in [2.45, 2.75) is 24.5 Å². The minimum Gasteiger partial charge on any atom is -0.464 e. The van der Waals surface area contributed by atoms with Crippen molar-refractivity contribution < 1.29 is 9.53 Å². The van der Waals surface area contributed by atoms with Gasteiger partial charge in [0.15, 0.2) is 0 Å². The van der Waals surface area contributed by atoms with E-state index in [-0.39, 0.29) is 6.61 Å². The number of thioether (sulfide) groups is 1. The zero-order valence-electron chi connectivity index (χ0n) is 12.0. The van der Waals surface area contributed by atoms with Crippen LogP contribution in [0.1, 0.15) is 18.3 Å². The highest BCUT2D eigenvalue weighted by Gasteiger charge is 2.38. The van der Waals surface area contributed by atoms with Gasteiger partial charge < -0.3 is 10.5 Å². The van der Waals surface area contributed by atoms with Crippen molar-refractivity contribution in [2.75, 3.05) is 12.4 Å². The predicted octanol–water partition coefficient (Wildman–Crippen LogP) is 1.62. The molecule has 0 aliphatic rings. The molecule has 2 rings (SSSR count). The number of aromatic amines is 1. The van der Waals surface area contributed by atoms with Crippen LogP contribution in [0.15, 0.2) is 35.5 Å². The van der Waals surface area contributed by atoms with Crippen LogP contribution in [0.25, 0.3) is 0 Å². The molecular formula is C14H18N4O2S. The summed E-state index contributed by atoms with van der Waals surface area (Å²) in [4.78, 5) is 16.5. The summed E-state index contributed by atoms with van der Waals surface area (Å²) >= 11 is 1.32. The Hall–Kier alpha value is -1.86. The number of carbonyl (C=O) groups is 1. The van der Waals surface area contributed by atoms with Crippen molar-refractivity contribution in [3.05, 3.63) is 41.7 Å². The number of nitrogens with zero attached hydrogens (tertiary/aromatic N) is 2. The smallest absolute Gasteiger partial charge is 0.331 e. The lowest BCUT2D eigenvalue weighted by atomic mass is 9.93. The monoisotopic (exact) mass is 306 g/mol. The molecule has 0 saturated carbocycles. The van der Waals surface area contributed by atoms with E-state index in [1.807, 2.05) is 37.3 Å². The van der Waals surface area contributed by atoms with Crippen molar-refractivity contribution in [2.24, 2.45) is 5.73 Å². The SMILES string of the molecule is CCOC(=O)C(N)(CSc1n[nH]c(C)n1)c1ccccc1. The Labute approximate surface area is 127 Å². The Kier molecular flexibility index (Phi) is 4.98. The molecule has 21 heavy (non-hydrogen) atoms.